The van der Waals surface area contributed by atoms with Crippen molar-refractivity contribution in [3.05, 3.63) is 0 Å². The van der Waals surface area contributed by atoms with Crippen LogP contribution in [0.5, 0.6) is 0 Å². The van der Waals surface area contributed by atoms with E-state index < -0.39 is 0 Å². The maximum Gasteiger partial charge on any atom is 0.0158 e. The highest BCUT2D eigenvalue weighted by molar-refractivity contribution is 4.89. The first kappa shape index (κ1) is 12.0. The Bertz CT molecular complexity index is 176. The van der Waals surface area contributed by atoms with Gasteiger partial charge in [0.25, 0.3) is 0 Å². The zero-order chi connectivity index (χ0) is 10.8. The van der Waals surface area contributed by atoms with E-state index in [9.17, 15) is 0 Å². The van der Waals surface area contributed by atoms with Gasteiger partial charge < -0.3 is 0 Å². The molecule has 0 atom stereocenters. The summed E-state index contributed by atoms with van der Waals surface area (Å²) in [5.74, 6) is 0. The van der Waals surface area contributed by atoms with Gasteiger partial charge in [-0.15, -0.1) is 0 Å². The monoisotopic (exact) mass is 197 g/mol. The number of rotatable bonds is 4. The first-order chi connectivity index (χ1) is 6.37. The van der Waals surface area contributed by atoms with Crippen molar-refractivity contribution in [3.8, 4) is 0 Å². The lowest BCUT2D eigenvalue weighted by molar-refractivity contribution is 0.0930. The van der Waals surface area contributed by atoms with Crippen molar-refractivity contribution in [1.82, 2.24) is 4.90 Å². The normalized spacial score (nSPS) is 20.4. The molecule has 0 radical (unpaired) electrons. The Morgan fingerprint density at radius 2 is 1.50 bits per heavy atom. The van der Waals surface area contributed by atoms with E-state index in [-0.39, 0.29) is 0 Å². The van der Waals surface area contributed by atoms with Crippen LogP contribution in [0.2, 0.25) is 0 Å². The van der Waals surface area contributed by atoms with Crippen LogP contribution in [0.25, 0.3) is 0 Å². The van der Waals surface area contributed by atoms with Gasteiger partial charge >= 0.3 is 0 Å². The zero-order valence-electron chi connectivity index (χ0n) is 10.7. The van der Waals surface area contributed by atoms with E-state index in [1.54, 1.807) is 0 Å². The average molecular weight is 197 g/mol. The summed E-state index contributed by atoms with van der Waals surface area (Å²) in [4.78, 5) is 2.67. The topological polar surface area (TPSA) is 3.24 Å². The van der Waals surface area contributed by atoms with Crippen LogP contribution in [0.15, 0.2) is 0 Å². The van der Waals surface area contributed by atoms with Gasteiger partial charge in [0.1, 0.15) is 0 Å². The molecule has 0 N–H and O–H groups in total. The Kier molecular flexibility index (Phi) is 3.63. The number of hydrogen-bond acceptors (Lipinski definition) is 1. The minimum Gasteiger partial charge on any atom is -0.298 e. The molecular formula is C13H27N. The second kappa shape index (κ2) is 4.22. The second-order valence-electron chi connectivity index (χ2n) is 6.20. The smallest absolute Gasteiger partial charge is 0.0158 e. The summed E-state index contributed by atoms with van der Waals surface area (Å²) in [7, 11) is 0. The Balaban J connectivity index is 2.55. The summed E-state index contributed by atoms with van der Waals surface area (Å²) in [6, 6.07) is 0. The average Bonchev–Trinajstić information content (AvgIpc) is 2.54. The molecule has 0 aromatic rings. The number of hydrogen-bond donors (Lipinski definition) is 0. The van der Waals surface area contributed by atoms with Crippen LogP contribution in [0.3, 0.4) is 0 Å². The van der Waals surface area contributed by atoms with Gasteiger partial charge in [0.05, 0.1) is 0 Å². The lowest BCUT2D eigenvalue weighted by Gasteiger charge is -2.41. The highest BCUT2D eigenvalue weighted by Gasteiger charge is 2.33. The van der Waals surface area contributed by atoms with Crippen molar-refractivity contribution in [2.24, 2.45) is 5.41 Å². The highest BCUT2D eigenvalue weighted by atomic mass is 15.2. The van der Waals surface area contributed by atoms with Gasteiger partial charge in [-0.2, -0.15) is 0 Å². The van der Waals surface area contributed by atoms with E-state index in [1.807, 2.05) is 0 Å². The fraction of sp³-hybridized carbons (Fsp3) is 1.00. The molecule has 1 heterocycles. The first-order valence-corrected chi connectivity index (χ1v) is 6.12. The number of likely N-dealkylation sites (tertiary alicyclic amines) is 1. The van der Waals surface area contributed by atoms with E-state index in [0.29, 0.717) is 11.0 Å². The molecule has 1 fully saturated rings. The molecule has 0 unspecified atom stereocenters. The largest absolute Gasteiger partial charge is 0.298 e. The van der Waals surface area contributed by atoms with Gasteiger partial charge in [0.15, 0.2) is 0 Å². The van der Waals surface area contributed by atoms with Crippen molar-refractivity contribution in [2.45, 2.75) is 65.8 Å². The third kappa shape index (κ3) is 2.98. The summed E-state index contributed by atoms with van der Waals surface area (Å²) < 4.78 is 0. The Labute approximate surface area is 89.9 Å². The molecule has 0 bridgehead atoms. The molecule has 1 heteroatoms. The summed E-state index contributed by atoms with van der Waals surface area (Å²) in [6.07, 6.45) is 5.40. The molecule has 1 aliphatic rings. The fourth-order valence-corrected chi connectivity index (χ4v) is 2.73. The molecule has 0 spiro atoms. The predicted octanol–water partition coefficient (Wildman–Crippen LogP) is 3.69. The van der Waals surface area contributed by atoms with Crippen molar-refractivity contribution in [3.63, 3.8) is 0 Å². The molecule has 1 saturated heterocycles. The van der Waals surface area contributed by atoms with Gasteiger partial charge in [-0.1, -0.05) is 27.2 Å². The maximum absolute atomic E-state index is 2.67. The number of nitrogens with zero attached hydrogens (tertiary/aromatic N) is 1. The van der Waals surface area contributed by atoms with Gasteiger partial charge in [0.2, 0.25) is 0 Å². The van der Waals surface area contributed by atoms with Crippen LogP contribution in [0.1, 0.15) is 60.3 Å². The molecule has 1 rings (SSSR count). The SMILES string of the molecule is CCC(C)(C)CC(C)(C)N1CCCC1. The van der Waals surface area contributed by atoms with Crippen LogP contribution >= 0.6 is 0 Å². The van der Waals surface area contributed by atoms with Gasteiger partial charge in [0, 0.05) is 5.54 Å². The summed E-state index contributed by atoms with van der Waals surface area (Å²) in [5.41, 5.74) is 0.891. The molecule has 0 saturated carbocycles. The summed E-state index contributed by atoms with van der Waals surface area (Å²) >= 11 is 0. The van der Waals surface area contributed by atoms with E-state index in [2.05, 4.69) is 39.5 Å². The molecule has 84 valence electrons. The van der Waals surface area contributed by atoms with Crippen LogP contribution in [-0.2, 0) is 0 Å². The molecule has 0 amide bonds. The molecule has 14 heavy (non-hydrogen) atoms. The van der Waals surface area contributed by atoms with Crippen LogP contribution < -0.4 is 0 Å². The fourth-order valence-electron chi connectivity index (χ4n) is 2.73. The van der Waals surface area contributed by atoms with Crippen LogP contribution in [0, 0.1) is 5.41 Å². The third-order valence-corrected chi connectivity index (χ3v) is 3.83. The third-order valence-electron chi connectivity index (χ3n) is 3.83. The minimum absolute atomic E-state index is 0.399. The zero-order valence-corrected chi connectivity index (χ0v) is 10.7. The first-order valence-electron chi connectivity index (χ1n) is 6.12. The van der Waals surface area contributed by atoms with Crippen molar-refractivity contribution in [1.29, 1.82) is 0 Å². The molecule has 1 aliphatic heterocycles. The van der Waals surface area contributed by atoms with E-state index >= 15 is 0 Å². The van der Waals surface area contributed by atoms with Crippen LogP contribution in [-0.4, -0.2) is 23.5 Å². The van der Waals surface area contributed by atoms with E-state index in [1.165, 1.54) is 38.8 Å². The van der Waals surface area contributed by atoms with Gasteiger partial charge in [-0.3, -0.25) is 4.90 Å². The molecule has 0 aromatic heterocycles. The minimum atomic E-state index is 0.399. The summed E-state index contributed by atoms with van der Waals surface area (Å²) in [5, 5.41) is 0. The van der Waals surface area contributed by atoms with Gasteiger partial charge in [-0.25, -0.2) is 0 Å². The predicted molar refractivity (Wildman–Crippen MR) is 63.6 cm³/mol. The van der Waals surface area contributed by atoms with E-state index in [0.717, 1.165) is 0 Å². The molecule has 0 aromatic carbocycles. The lowest BCUT2D eigenvalue weighted by Crippen LogP contribution is -2.44. The van der Waals surface area contributed by atoms with Crippen molar-refractivity contribution >= 4 is 0 Å². The van der Waals surface area contributed by atoms with Crippen molar-refractivity contribution in [2.75, 3.05) is 13.1 Å². The highest BCUT2D eigenvalue weighted by Crippen LogP contribution is 2.35. The Morgan fingerprint density at radius 3 is 1.93 bits per heavy atom. The maximum atomic E-state index is 2.67. The van der Waals surface area contributed by atoms with Crippen LogP contribution in [0.4, 0.5) is 0 Å². The van der Waals surface area contributed by atoms with Gasteiger partial charge in [-0.05, 0) is 51.6 Å². The standard InChI is InChI=1S/C13H27N/c1-6-12(2,3)11-13(4,5)14-9-7-8-10-14/h6-11H2,1-5H3. The molecule has 0 aliphatic carbocycles. The summed E-state index contributed by atoms with van der Waals surface area (Å²) in [6.45, 7) is 14.5. The molecule has 1 nitrogen and oxygen atoms in total. The van der Waals surface area contributed by atoms with E-state index in [4.69, 9.17) is 0 Å². The quantitative estimate of drug-likeness (QED) is 0.664. The Hall–Kier alpha value is -0.0400. The second-order valence-corrected chi connectivity index (χ2v) is 6.20. The lowest BCUT2D eigenvalue weighted by atomic mass is 9.77. The Morgan fingerprint density at radius 1 is 1.00 bits per heavy atom. The van der Waals surface area contributed by atoms with Crippen molar-refractivity contribution < 1.29 is 0 Å². The molecular weight excluding hydrogens is 170 g/mol.